The highest BCUT2D eigenvalue weighted by atomic mass is 32.2. The third-order valence-electron chi connectivity index (χ3n) is 2.10. The van der Waals surface area contributed by atoms with Crippen molar-refractivity contribution in [1.82, 2.24) is 0 Å². The zero-order valence-electron chi connectivity index (χ0n) is 9.97. The third kappa shape index (κ3) is 4.33. The average Bonchev–Trinajstić information content (AvgIpc) is 2.25. The molecule has 0 heterocycles. The van der Waals surface area contributed by atoms with Crippen molar-refractivity contribution in [3.05, 3.63) is 23.8 Å². The molecule has 0 spiro atoms. The highest BCUT2D eigenvalue weighted by molar-refractivity contribution is 7.89. The topological polar surface area (TPSA) is 78.6 Å². The van der Waals surface area contributed by atoms with E-state index in [-0.39, 0.29) is 10.6 Å². The van der Waals surface area contributed by atoms with Crippen LogP contribution in [0.25, 0.3) is 0 Å². The van der Waals surface area contributed by atoms with Crippen molar-refractivity contribution in [2.45, 2.75) is 18.7 Å². The number of primary sulfonamides is 1. The Balaban J connectivity index is 2.84. The molecule has 0 radical (unpaired) electrons. The second-order valence-corrected chi connectivity index (χ2v) is 5.07. The molecule has 0 aliphatic rings. The Morgan fingerprint density at radius 1 is 1.29 bits per heavy atom. The van der Waals surface area contributed by atoms with Gasteiger partial charge in [0, 0.05) is 6.61 Å². The number of aryl methyl sites for hydroxylation is 1. The molecule has 6 heteroatoms. The molecule has 96 valence electrons. The van der Waals surface area contributed by atoms with Gasteiger partial charge in [-0.2, -0.15) is 0 Å². The minimum absolute atomic E-state index is 0.00833. The molecule has 1 aromatic carbocycles. The fourth-order valence-corrected chi connectivity index (χ4v) is 2.07. The quantitative estimate of drug-likeness (QED) is 0.775. The number of sulfonamides is 1. The summed E-state index contributed by atoms with van der Waals surface area (Å²) in [5, 5.41) is 5.12. The van der Waals surface area contributed by atoms with Crippen LogP contribution in [0.5, 0.6) is 5.75 Å². The monoisotopic (exact) mass is 259 g/mol. The molecule has 2 N–H and O–H groups in total. The molecule has 5 nitrogen and oxygen atoms in total. The summed E-state index contributed by atoms with van der Waals surface area (Å²) < 4.78 is 33.2. The van der Waals surface area contributed by atoms with E-state index in [1.807, 2.05) is 6.92 Å². The van der Waals surface area contributed by atoms with Crippen molar-refractivity contribution in [2.24, 2.45) is 5.14 Å². The molecular weight excluding hydrogens is 242 g/mol. The number of hydrogen-bond donors (Lipinski definition) is 1. The Morgan fingerprint density at radius 2 is 2.00 bits per heavy atom. The third-order valence-corrected chi connectivity index (χ3v) is 3.03. The Kier molecular flexibility index (Phi) is 4.92. The zero-order valence-corrected chi connectivity index (χ0v) is 10.8. The Morgan fingerprint density at radius 3 is 2.59 bits per heavy atom. The largest absolute Gasteiger partial charge is 0.490 e. The first kappa shape index (κ1) is 14.0. The first-order valence-electron chi connectivity index (χ1n) is 5.29. The van der Waals surface area contributed by atoms with Crippen molar-refractivity contribution in [1.29, 1.82) is 0 Å². The Hall–Kier alpha value is -1.11. The summed E-state index contributed by atoms with van der Waals surface area (Å²) in [7, 11) is -3.76. The molecule has 1 rings (SSSR count). The molecule has 0 atom stereocenters. The van der Waals surface area contributed by atoms with Gasteiger partial charge in [-0.05, 0) is 31.5 Å². The van der Waals surface area contributed by atoms with Crippen LogP contribution >= 0.6 is 0 Å². The summed E-state index contributed by atoms with van der Waals surface area (Å²) in [5.74, 6) is 0.262. The van der Waals surface area contributed by atoms with Gasteiger partial charge >= 0.3 is 0 Å². The molecule has 0 fully saturated rings. The number of rotatable bonds is 6. The first-order chi connectivity index (χ1) is 7.95. The highest BCUT2D eigenvalue weighted by Gasteiger charge is 2.15. The molecule has 1 aromatic rings. The minimum atomic E-state index is -3.76. The van der Waals surface area contributed by atoms with Gasteiger partial charge in [-0.1, -0.05) is 6.07 Å². The second-order valence-electron chi connectivity index (χ2n) is 3.54. The maximum atomic E-state index is 11.4. The van der Waals surface area contributed by atoms with Crippen LogP contribution in [-0.4, -0.2) is 28.2 Å². The molecule has 0 unspecified atom stereocenters. The molecule has 0 saturated carbocycles. The predicted molar refractivity (Wildman–Crippen MR) is 64.5 cm³/mol. The van der Waals surface area contributed by atoms with Gasteiger partial charge in [0.1, 0.15) is 17.3 Å². The lowest BCUT2D eigenvalue weighted by Crippen LogP contribution is -2.15. The maximum absolute atomic E-state index is 11.4. The Labute approximate surface area is 102 Å². The van der Waals surface area contributed by atoms with Gasteiger partial charge in [0.2, 0.25) is 10.0 Å². The summed E-state index contributed by atoms with van der Waals surface area (Å²) in [5.41, 5.74) is 0.811. The highest BCUT2D eigenvalue weighted by Crippen LogP contribution is 2.23. The first-order valence-corrected chi connectivity index (χ1v) is 6.83. The summed E-state index contributed by atoms with van der Waals surface area (Å²) in [4.78, 5) is 0.00833. The number of nitrogens with two attached hydrogens (primary N) is 1. The molecule has 0 saturated heterocycles. The fraction of sp³-hybridized carbons (Fsp3) is 0.455. The molecule has 0 amide bonds. The van der Waals surface area contributed by atoms with Crippen molar-refractivity contribution in [3.8, 4) is 5.75 Å². The van der Waals surface area contributed by atoms with E-state index < -0.39 is 10.0 Å². The second kappa shape index (κ2) is 6.00. The van der Waals surface area contributed by atoms with Gasteiger partial charge < -0.3 is 9.47 Å². The average molecular weight is 259 g/mol. The van der Waals surface area contributed by atoms with Gasteiger partial charge in [0.15, 0.2) is 0 Å². The lowest BCUT2D eigenvalue weighted by molar-refractivity contribution is 0.109. The Bertz CT molecular complexity index is 470. The van der Waals surface area contributed by atoms with Gasteiger partial charge in [0.25, 0.3) is 0 Å². The molecule has 0 bridgehead atoms. The van der Waals surface area contributed by atoms with E-state index in [9.17, 15) is 8.42 Å². The molecule has 0 aliphatic carbocycles. The molecule has 0 aliphatic heterocycles. The summed E-state index contributed by atoms with van der Waals surface area (Å²) in [6, 6.07) is 4.86. The van der Waals surface area contributed by atoms with E-state index in [1.165, 1.54) is 6.07 Å². The summed E-state index contributed by atoms with van der Waals surface area (Å²) >= 11 is 0. The summed E-state index contributed by atoms with van der Waals surface area (Å²) in [6.07, 6.45) is 0. The van der Waals surface area contributed by atoms with Gasteiger partial charge in [0.05, 0.1) is 6.61 Å². The lowest BCUT2D eigenvalue weighted by atomic mass is 10.2. The zero-order chi connectivity index (χ0) is 12.9. The number of benzene rings is 1. The smallest absolute Gasteiger partial charge is 0.241 e. The van der Waals surface area contributed by atoms with Crippen molar-refractivity contribution >= 4 is 10.0 Å². The predicted octanol–water partition coefficient (Wildman–Crippen LogP) is 1.06. The van der Waals surface area contributed by atoms with Crippen molar-refractivity contribution in [2.75, 3.05) is 19.8 Å². The SMILES string of the molecule is CCOCCOc1ccc(C)cc1S(N)(=O)=O. The maximum Gasteiger partial charge on any atom is 0.241 e. The van der Waals surface area contributed by atoms with Crippen LogP contribution < -0.4 is 9.88 Å². The summed E-state index contributed by atoms with van der Waals surface area (Å²) in [6.45, 7) is 4.97. The van der Waals surface area contributed by atoms with Crippen molar-refractivity contribution < 1.29 is 17.9 Å². The number of ether oxygens (including phenoxy) is 2. The van der Waals surface area contributed by atoms with Gasteiger partial charge in [-0.25, -0.2) is 13.6 Å². The molecular formula is C11H17NO4S. The number of hydrogen-bond acceptors (Lipinski definition) is 4. The van der Waals surface area contributed by atoms with Crippen LogP contribution in [0, 0.1) is 6.92 Å². The molecule has 17 heavy (non-hydrogen) atoms. The van der Waals surface area contributed by atoms with Crippen molar-refractivity contribution in [3.63, 3.8) is 0 Å². The van der Waals surface area contributed by atoms with E-state index in [4.69, 9.17) is 14.6 Å². The van der Waals surface area contributed by atoms with E-state index in [1.54, 1.807) is 19.1 Å². The van der Waals surface area contributed by atoms with Crippen LogP contribution in [0.1, 0.15) is 12.5 Å². The van der Waals surface area contributed by atoms with Gasteiger partial charge in [-0.15, -0.1) is 0 Å². The van der Waals surface area contributed by atoms with E-state index in [0.717, 1.165) is 5.56 Å². The van der Waals surface area contributed by atoms with Crippen LogP contribution in [-0.2, 0) is 14.8 Å². The van der Waals surface area contributed by atoms with E-state index in [0.29, 0.717) is 19.8 Å². The van der Waals surface area contributed by atoms with Crippen LogP contribution in [0.2, 0.25) is 0 Å². The van der Waals surface area contributed by atoms with Crippen LogP contribution in [0.4, 0.5) is 0 Å². The minimum Gasteiger partial charge on any atom is -0.490 e. The lowest BCUT2D eigenvalue weighted by Gasteiger charge is -2.10. The van der Waals surface area contributed by atoms with Crippen LogP contribution in [0.3, 0.4) is 0 Å². The normalized spacial score (nSPS) is 11.5. The van der Waals surface area contributed by atoms with Crippen LogP contribution in [0.15, 0.2) is 23.1 Å². The van der Waals surface area contributed by atoms with E-state index >= 15 is 0 Å². The van der Waals surface area contributed by atoms with Gasteiger partial charge in [-0.3, -0.25) is 0 Å². The standard InChI is InChI=1S/C11H17NO4S/c1-3-15-6-7-16-10-5-4-9(2)8-11(10)17(12,13)14/h4-5,8H,3,6-7H2,1-2H3,(H2,12,13,14). The molecule has 0 aromatic heterocycles. The van der Waals surface area contributed by atoms with E-state index in [2.05, 4.69) is 0 Å². The fourth-order valence-electron chi connectivity index (χ4n) is 1.31.